The molecule has 1 atom stereocenters. The Hall–Kier alpha value is -1.38. The van der Waals surface area contributed by atoms with Gasteiger partial charge in [-0.2, -0.15) is 0 Å². The first-order valence-corrected chi connectivity index (χ1v) is 5.28. The zero-order valence-electron chi connectivity index (χ0n) is 10.1. The van der Waals surface area contributed by atoms with Gasteiger partial charge in [-0.05, 0) is 45.4 Å². The van der Waals surface area contributed by atoms with E-state index in [0.29, 0.717) is 0 Å². The van der Waals surface area contributed by atoms with Gasteiger partial charge in [0.15, 0.2) is 0 Å². The Balaban J connectivity index is 2.74. The molecule has 3 heteroatoms. The van der Waals surface area contributed by atoms with Crippen LogP contribution in [-0.2, 0) is 9.53 Å². The lowest BCUT2D eigenvalue weighted by Crippen LogP contribution is -2.26. The Kier molecular flexibility index (Phi) is 3.68. The van der Waals surface area contributed by atoms with Gasteiger partial charge < -0.3 is 4.74 Å². The van der Waals surface area contributed by atoms with E-state index in [0.717, 1.165) is 5.56 Å². The van der Waals surface area contributed by atoms with Crippen LogP contribution in [0.1, 0.15) is 39.2 Å². The van der Waals surface area contributed by atoms with Crippen molar-refractivity contribution >= 4 is 5.97 Å². The Bertz CT molecular complexity index is 363. The summed E-state index contributed by atoms with van der Waals surface area (Å²) in [4.78, 5) is 11.7. The number of halogens is 1. The van der Waals surface area contributed by atoms with Crippen LogP contribution in [-0.4, -0.2) is 11.6 Å². The minimum absolute atomic E-state index is 0.292. The van der Waals surface area contributed by atoms with E-state index in [9.17, 15) is 9.18 Å². The van der Waals surface area contributed by atoms with E-state index in [1.54, 1.807) is 19.1 Å². The Morgan fingerprint density at radius 3 is 2.19 bits per heavy atom. The Labute approximate surface area is 95.4 Å². The molecule has 0 radical (unpaired) electrons. The maximum Gasteiger partial charge on any atom is 0.313 e. The first kappa shape index (κ1) is 12.7. The summed E-state index contributed by atoms with van der Waals surface area (Å²) < 4.78 is 18.0. The molecule has 0 aromatic heterocycles. The van der Waals surface area contributed by atoms with Crippen LogP contribution < -0.4 is 0 Å². The molecule has 1 aromatic rings. The molecule has 0 heterocycles. The molecule has 0 aliphatic heterocycles. The molecule has 0 aliphatic carbocycles. The summed E-state index contributed by atoms with van der Waals surface area (Å²) in [5.74, 6) is -0.973. The van der Waals surface area contributed by atoms with E-state index in [1.165, 1.54) is 12.1 Å². The molecule has 0 fully saturated rings. The number of carbonyl (C=O) groups excluding carboxylic acids is 1. The monoisotopic (exact) mass is 224 g/mol. The van der Waals surface area contributed by atoms with E-state index in [1.807, 2.05) is 20.8 Å². The smallest absolute Gasteiger partial charge is 0.313 e. The predicted molar refractivity (Wildman–Crippen MR) is 60.7 cm³/mol. The molecule has 88 valence electrons. The number of rotatable bonds is 2. The first-order valence-electron chi connectivity index (χ1n) is 5.28. The highest BCUT2D eigenvalue weighted by Gasteiger charge is 2.22. The molecular formula is C13H17FO2. The highest BCUT2D eigenvalue weighted by Crippen LogP contribution is 2.20. The summed E-state index contributed by atoms with van der Waals surface area (Å²) >= 11 is 0. The standard InChI is InChI=1S/C13H17FO2/c1-9(12(15)16-13(2,3)4)10-5-7-11(14)8-6-10/h5-9H,1-4H3. The lowest BCUT2D eigenvalue weighted by atomic mass is 10.0. The van der Waals surface area contributed by atoms with E-state index in [-0.39, 0.29) is 17.7 Å². The molecule has 0 N–H and O–H groups in total. The quantitative estimate of drug-likeness (QED) is 0.721. The van der Waals surface area contributed by atoms with Crippen LogP contribution in [0, 0.1) is 5.82 Å². The van der Waals surface area contributed by atoms with E-state index >= 15 is 0 Å². The van der Waals surface area contributed by atoms with Gasteiger partial charge in [0.1, 0.15) is 11.4 Å². The highest BCUT2D eigenvalue weighted by atomic mass is 19.1. The fourth-order valence-electron chi connectivity index (χ4n) is 1.28. The summed E-state index contributed by atoms with van der Waals surface area (Å²) in [6.07, 6.45) is 0. The van der Waals surface area contributed by atoms with Crippen molar-refractivity contribution < 1.29 is 13.9 Å². The van der Waals surface area contributed by atoms with Gasteiger partial charge in [0.2, 0.25) is 0 Å². The van der Waals surface area contributed by atoms with Gasteiger partial charge in [0.05, 0.1) is 5.92 Å². The van der Waals surface area contributed by atoms with Crippen LogP contribution in [0.5, 0.6) is 0 Å². The van der Waals surface area contributed by atoms with Crippen molar-refractivity contribution in [1.29, 1.82) is 0 Å². The highest BCUT2D eigenvalue weighted by molar-refractivity contribution is 5.78. The van der Waals surface area contributed by atoms with Gasteiger partial charge in [-0.1, -0.05) is 12.1 Å². The van der Waals surface area contributed by atoms with Gasteiger partial charge in [-0.15, -0.1) is 0 Å². The molecule has 1 aromatic carbocycles. The molecule has 0 saturated heterocycles. The third-order valence-corrected chi connectivity index (χ3v) is 2.13. The third kappa shape index (κ3) is 3.65. The maximum absolute atomic E-state index is 12.7. The zero-order chi connectivity index (χ0) is 12.3. The largest absolute Gasteiger partial charge is 0.460 e. The van der Waals surface area contributed by atoms with E-state index in [2.05, 4.69) is 0 Å². The fourth-order valence-corrected chi connectivity index (χ4v) is 1.28. The number of hydrogen-bond donors (Lipinski definition) is 0. The van der Waals surface area contributed by atoms with E-state index < -0.39 is 5.60 Å². The first-order chi connectivity index (χ1) is 7.29. The molecular weight excluding hydrogens is 207 g/mol. The molecule has 0 bridgehead atoms. The molecule has 0 spiro atoms. The number of benzene rings is 1. The summed E-state index contributed by atoms with van der Waals surface area (Å²) in [6, 6.07) is 5.89. The second-order valence-corrected chi connectivity index (χ2v) is 4.81. The normalized spacial score (nSPS) is 13.3. The SMILES string of the molecule is CC(C(=O)OC(C)(C)C)c1ccc(F)cc1. The van der Waals surface area contributed by atoms with Crippen LogP contribution >= 0.6 is 0 Å². The van der Waals surface area contributed by atoms with E-state index in [4.69, 9.17) is 4.74 Å². The van der Waals surface area contributed by atoms with Crippen molar-refractivity contribution in [2.45, 2.75) is 39.2 Å². The topological polar surface area (TPSA) is 26.3 Å². The second kappa shape index (κ2) is 4.64. The number of hydrogen-bond acceptors (Lipinski definition) is 2. The minimum Gasteiger partial charge on any atom is -0.460 e. The van der Waals surface area contributed by atoms with Gasteiger partial charge >= 0.3 is 5.97 Å². The van der Waals surface area contributed by atoms with Crippen molar-refractivity contribution in [3.05, 3.63) is 35.6 Å². The predicted octanol–water partition coefficient (Wildman–Crippen LogP) is 3.27. The van der Waals surface area contributed by atoms with Crippen molar-refractivity contribution in [2.75, 3.05) is 0 Å². The Morgan fingerprint density at radius 2 is 1.75 bits per heavy atom. The van der Waals surface area contributed by atoms with Crippen LogP contribution in [0.15, 0.2) is 24.3 Å². The number of carbonyl (C=O) groups is 1. The van der Waals surface area contributed by atoms with Crippen LogP contribution in [0.25, 0.3) is 0 Å². The molecule has 0 aliphatic rings. The fraction of sp³-hybridized carbons (Fsp3) is 0.462. The zero-order valence-corrected chi connectivity index (χ0v) is 10.1. The summed E-state index contributed by atoms with van der Waals surface area (Å²) in [6.45, 7) is 7.22. The summed E-state index contributed by atoms with van der Waals surface area (Å²) in [7, 11) is 0. The minimum atomic E-state index is -0.495. The molecule has 0 saturated carbocycles. The van der Waals surface area contributed by atoms with Gasteiger partial charge in [-0.25, -0.2) is 4.39 Å². The number of ether oxygens (including phenoxy) is 1. The number of esters is 1. The summed E-state index contributed by atoms with van der Waals surface area (Å²) in [5, 5.41) is 0. The Morgan fingerprint density at radius 1 is 1.25 bits per heavy atom. The third-order valence-electron chi connectivity index (χ3n) is 2.13. The van der Waals surface area contributed by atoms with Crippen LogP contribution in [0.4, 0.5) is 4.39 Å². The molecule has 1 unspecified atom stereocenters. The van der Waals surface area contributed by atoms with Crippen molar-refractivity contribution in [2.24, 2.45) is 0 Å². The van der Waals surface area contributed by atoms with Gasteiger partial charge in [0, 0.05) is 0 Å². The molecule has 2 nitrogen and oxygen atoms in total. The second-order valence-electron chi connectivity index (χ2n) is 4.81. The molecule has 1 rings (SSSR count). The molecule has 0 amide bonds. The van der Waals surface area contributed by atoms with Crippen molar-refractivity contribution in [1.82, 2.24) is 0 Å². The van der Waals surface area contributed by atoms with Gasteiger partial charge in [0.25, 0.3) is 0 Å². The van der Waals surface area contributed by atoms with Crippen molar-refractivity contribution in [3.8, 4) is 0 Å². The van der Waals surface area contributed by atoms with Crippen molar-refractivity contribution in [3.63, 3.8) is 0 Å². The lowest BCUT2D eigenvalue weighted by Gasteiger charge is -2.22. The molecule has 16 heavy (non-hydrogen) atoms. The summed E-state index contributed by atoms with van der Waals surface area (Å²) in [5.41, 5.74) is 0.265. The van der Waals surface area contributed by atoms with Crippen LogP contribution in [0.3, 0.4) is 0 Å². The lowest BCUT2D eigenvalue weighted by molar-refractivity contribution is -0.156. The average molecular weight is 224 g/mol. The maximum atomic E-state index is 12.7. The van der Waals surface area contributed by atoms with Gasteiger partial charge in [-0.3, -0.25) is 4.79 Å². The van der Waals surface area contributed by atoms with Crippen LogP contribution in [0.2, 0.25) is 0 Å². The average Bonchev–Trinajstić information content (AvgIpc) is 2.15.